The zero-order chi connectivity index (χ0) is 22.6. The van der Waals surface area contributed by atoms with Crippen LogP contribution in [0.25, 0.3) is 10.9 Å². The quantitative estimate of drug-likeness (QED) is 0.532. The third-order valence-corrected chi connectivity index (χ3v) is 6.15. The molecule has 1 atom stereocenters. The zero-order valence-electron chi connectivity index (χ0n) is 18.6. The minimum absolute atomic E-state index is 0.0436. The van der Waals surface area contributed by atoms with Gasteiger partial charge in [-0.15, -0.1) is 0 Å². The number of piperidine rings is 1. The first-order chi connectivity index (χ1) is 15.5. The van der Waals surface area contributed by atoms with E-state index in [1.54, 1.807) is 22.9 Å². The number of hydrogen-bond donors (Lipinski definition) is 0. The molecular weight excluding hydrogens is 406 g/mol. The van der Waals surface area contributed by atoms with Crippen molar-refractivity contribution in [3.8, 4) is 5.75 Å². The molecule has 168 valence electrons. The number of ether oxygens (including phenoxy) is 2. The summed E-state index contributed by atoms with van der Waals surface area (Å²) in [6.45, 7) is 3.22. The molecule has 0 unspecified atom stereocenters. The Bertz CT molecular complexity index is 1110. The van der Waals surface area contributed by atoms with E-state index >= 15 is 0 Å². The first kappa shape index (κ1) is 21.9. The second-order valence-electron chi connectivity index (χ2n) is 8.31. The van der Waals surface area contributed by atoms with Crippen molar-refractivity contribution < 1.29 is 19.1 Å². The number of hydrogen-bond acceptors (Lipinski definition) is 5. The summed E-state index contributed by atoms with van der Waals surface area (Å²) in [5.74, 6) is 0.457. The van der Waals surface area contributed by atoms with Crippen LogP contribution in [0.4, 0.5) is 0 Å². The minimum atomic E-state index is -0.775. The normalized spacial score (nSPS) is 18.5. The lowest BCUT2D eigenvalue weighted by atomic mass is 9.75. The van der Waals surface area contributed by atoms with Crippen molar-refractivity contribution >= 4 is 22.8 Å². The number of carbonyl (C=O) groups excluding carboxylic acids is 2. The van der Waals surface area contributed by atoms with Gasteiger partial charge in [0.15, 0.2) is 0 Å². The molecule has 0 spiro atoms. The number of esters is 1. The fourth-order valence-corrected chi connectivity index (χ4v) is 4.57. The summed E-state index contributed by atoms with van der Waals surface area (Å²) in [7, 11) is 1.63. The summed E-state index contributed by atoms with van der Waals surface area (Å²) >= 11 is 0. The first-order valence-corrected chi connectivity index (χ1v) is 11.0. The van der Waals surface area contributed by atoms with Crippen LogP contribution in [0.15, 0.2) is 54.7 Å². The third kappa shape index (κ3) is 4.47. The van der Waals surface area contributed by atoms with Crippen molar-refractivity contribution in [3.05, 3.63) is 60.3 Å². The summed E-state index contributed by atoms with van der Waals surface area (Å²) < 4.78 is 12.5. The Morgan fingerprint density at radius 2 is 2.00 bits per heavy atom. The molecule has 2 aromatic carbocycles. The van der Waals surface area contributed by atoms with E-state index < -0.39 is 5.41 Å². The van der Waals surface area contributed by atoms with Crippen LogP contribution in [0.2, 0.25) is 0 Å². The second-order valence-corrected chi connectivity index (χ2v) is 8.31. The molecule has 1 aliphatic rings. The zero-order valence-corrected chi connectivity index (χ0v) is 18.6. The number of para-hydroxylation sites is 1. The highest BCUT2D eigenvalue weighted by molar-refractivity contribution is 5.83. The number of methoxy groups -OCH3 is 1. The summed E-state index contributed by atoms with van der Waals surface area (Å²) in [6.07, 6.45) is 3.69. The van der Waals surface area contributed by atoms with Gasteiger partial charge < -0.3 is 14.4 Å². The van der Waals surface area contributed by atoms with Gasteiger partial charge in [0.2, 0.25) is 5.91 Å². The molecule has 1 aromatic heterocycles. The number of carbonyl (C=O) groups is 2. The Labute approximate surface area is 187 Å². The number of likely N-dealkylation sites (tertiary alicyclic amines) is 1. The van der Waals surface area contributed by atoms with Gasteiger partial charge >= 0.3 is 5.97 Å². The Morgan fingerprint density at radius 1 is 1.16 bits per heavy atom. The average molecular weight is 436 g/mol. The van der Waals surface area contributed by atoms with E-state index in [4.69, 9.17) is 9.47 Å². The van der Waals surface area contributed by atoms with Crippen LogP contribution in [0.3, 0.4) is 0 Å². The number of aromatic nitrogens is 2. The molecule has 0 bridgehead atoms. The summed E-state index contributed by atoms with van der Waals surface area (Å²) in [4.78, 5) is 28.1. The maximum Gasteiger partial charge on any atom is 0.314 e. The maximum absolute atomic E-state index is 13.2. The lowest BCUT2D eigenvalue weighted by Gasteiger charge is -2.41. The highest BCUT2D eigenvalue weighted by Gasteiger charge is 2.44. The molecule has 1 saturated heterocycles. The Kier molecular flexibility index (Phi) is 6.44. The van der Waals surface area contributed by atoms with Crippen molar-refractivity contribution in [1.29, 1.82) is 0 Å². The Morgan fingerprint density at radius 3 is 2.81 bits per heavy atom. The standard InChI is InChI=1S/C25H29N3O4/c1-3-32-24(30)25(15-19-8-6-10-21(14-19)31-2)12-7-13-27(18-25)23(29)17-28-22-11-5-4-9-20(22)16-26-28/h4-6,8-11,14,16H,3,7,12-13,15,17-18H2,1-2H3/t25-/m0/s1. The van der Waals surface area contributed by atoms with Gasteiger partial charge in [0.25, 0.3) is 0 Å². The van der Waals surface area contributed by atoms with Crippen molar-refractivity contribution in [1.82, 2.24) is 14.7 Å². The van der Waals surface area contributed by atoms with E-state index in [9.17, 15) is 9.59 Å². The van der Waals surface area contributed by atoms with Gasteiger partial charge in [-0.25, -0.2) is 0 Å². The number of nitrogens with zero attached hydrogens (tertiary/aromatic N) is 3. The molecule has 0 aliphatic carbocycles. The summed E-state index contributed by atoms with van der Waals surface area (Å²) in [5.41, 5.74) is 1.14. The van der Waals surface area contributed by atoms with Gasteiger partial charge in [-0.1, -0.05) is 30.3 Å². The lowest BCUT2D eigenvalue weighted by molar-refractivity contribution is -0.161. The molecule has 0 N–H and O–H groups in total. The van der Waals surface area contributed by atoms with E-state index in [1.807, 2.05) is 55.5 Å². The summed E-state index contributed by atoms with van der Waals surface area (Å²) in [5, 5.41) is 5.38. The number of fused-ring (bicyclic) bond motifs is 1. The van der Waals surface area contributed by atoms with Crippen molar-refractivity contribution in [2.45, 2.75) is 32.7 Å². The van der Waals surface area contributed by atoms with Gasteiger partial charge in [-0.3, -0.25) is 14.3 Å². The molecule has 4 rings (SSSR count). The average Bonchev–Trinajstić information content (AvgIpc) is 3.22. The minimum Gasteiger partial charge on any atom is -0.497 e. The van der Waals surface area contributed by atoms with Gasteiger partial charge in [-0.2, -0.15) is 5.10 Å². The molecule has 0 saturated carbocycles. The molecule has 7 nitrogen and oxygen atoms in total. The molecular formula is C25H29N3O4. The molecule has 32 heavy (non-hydrogen) atoms. The molecule has 3 aromatic rings. The van der Waals surface area contributed by atoms with Crippen LogP contribution in [-0.4, -0.2) is 53.4 Å². The Hall–Kier alpha value is -3.35. The monoisotopic (exact) mass is 435 g/mol. The fourth-order valence-electron chi connectivity index (χ4n) is 4.57. The molecule has 1 aliphatic heterocycles. The van der Waals surface area contributed by atoms with Crippen molar-refractivity contribution in [2.75, 3.05) is 26.8 Å². The smallest absolute Gasteiger partial charge is 0.314 e. The van der Waals surface area contributed by atoms with Crippen molar-refractivity contribution in [2.24, 2.45) is 5.41 Å². The van der Waals surface area contributed by atoms with Gasteiger partial charge in [0.1, 0.15) is 12.3 Å². The maximum atomic E-state index is 13.2. The van der Waals surface area contributed by atoms with Crippen LogP contribution in [-0.2, 0) is 27.3 Å². The van der Waals surface area contributed by atoms with Gasteiger partial charge in [0, 0.05) is 18.5 Å². The fraction of sp³-hybridized carbons (Fsp3) is 0.400. The first-order valence-electron chi connectivity index (χ1n) is 11.0. The van der Waals surface area contributed by atoms with Gasteiger partial charge in [0.05, 0.1) is 30.8 Å². The number of amides is 1. The van der Waals surface area contributed by atoms with Crippen LogP contribution >= 0.6 is 0 Å². The predicted molar refractivity (Wildman–Crippen MR) is 121 cm³/mol. The second kappa shape index (κ2) is 9.42. The van der Waals surface area contributed by atoms with E-state index in [2.05, 4.69) is 5.10 Å². The largest absolute Gasteiger partial charge is 0.497 e. The highest BCUT2D eigenvalue weighted by atomic mass is 16.5. The highest BCUT2D eigenvalue weighted by Crippen LogP contribution is 2.36. The van der Waals surface area contributed by atoms with Crippen LogP contribution < -0.4 is 4.74 Å². The number of rotatable bonds is 7. The Balaban J connectivity index is 1.56. The topological polar surface area (TPSA) is 73.7 Å². The predicted octanol–water partition coefficient (Wildman–Crippen LogP) is 3.46. The van der Waals surface area contributed by atoms with Crippen LogP contribution in [0.1, 0.15) is 25.3 Å². The van der Waals surface area contributed by atoms with E-state index in [-0.39, 0.29) is 18.4 Å². The molecule has 2 heterocycles. The van der Waals surface area contributed by atoms with E-state index in [0.717, 1.165) is 28.6 Å². The molecule has 0 radical (unpaired) electrons. The third-order valence-electron chi connectivity index (χ3n) is 6.15. The SMILES string of the molecule is CCOC(=O)[C@]1(Cc2cccc(OC)c2)CCCN(C(=O)Cn2ncc3ccccc32)C1. The van der Waals surface area contributed by atoms with E-state index in [0.29, 0.717) is 32.5 Å². The van der Waals surface area contributed by atoms with Crippen LogP contribution in [0.5, 0.6) is 5.75 Å². The lowest BCUT2D eigenvalue weighted by Crippen LogP contribution is -2.52. The van der Waals surface area contributed by atoms with Crippen molar-refractivity contribution in [3.63, 3.8) is 0 Å². The van der Waals surface area contributed by atoms with E-state index in [1.165, 1.54) is 0 Å². The number of benzene rings is 2. The molecule has 1 amide bonds. The van der Waals surface area contributed by atoms with Gasteiger partial charge in [-0.05, 0) is 49.9 Å². The van der Waals surface area contributed by atoms with Crippen LogP contribution in [0, 0.1) is 5.41 Å². The summed E-state index contributed by atoms with van der Waals surface area (Å²) in [6, 6.07) is 15.5. The molecule has 7 heteroatoms. The molecule has 1 fully saturated rings.